The van der Waals surface area contributed by atoms with E-state index in [2.05, 4.69) is 16.0 Å². The third kappa shape index (κ3) is 9.36. The van der Waals surface area contributed by atoms with Crippen LogP contribution in [0.25, 0.3) is 0 Å². The second-order valence-electron chi connectivity index (χ2n) is 12.0. The highest BCUT2D eigenvalue weighted by molar-refractivity contribution is 5.76. The van der Waals surface area contributed by atoms with Crippen molar-refractivity contribution in [2.75, 3.05) is 19.8 Å². The van der Waals surface area contributed by atoms with Crippen LogP contribution in [0.3, 0.4) is 0 Å². The summed E-state index contributed by atoms with van der Waals surface area (Å²) in [6.07, 6.45) is -22.8. The van der Waals surface area contributed by atoms with Crippen LogP contribution in [-0.2, 0) is 42.9 Å². The predicted octanol–water partition coefficient (Wildman–Crippen LogP) is -7.94. The molecule has 22 heteroatoms. The highest BCUT2D eigenvalue weighted by atomic mass is 16.7. The third-order valence-electron chi connectivity index (χ3n) is 8.27. The Morgan fingerprint density at radius 3 is 1.92 bits per heavy atom. The Hall–Kier alpha value is -2.68. The highest BCUT2D eigenvalue weighted by Crippen LogP contribution is 2.35. The first-order valence-corrected chi connectivity index (χ1v) is 15.2. The van der Waals surface area contributed by atoms with Crippen LogP contribution in [0, 0.1) is 0 Å². The van der Waals surface area contributed by atoms with Gasteiger partial charge < -0.3 is 90.7 Å². The Morgan fingerprint density at radius 1 is 0.816 bits per heavy atom. The molecule has 16 atom stereocenters. The van der Waals surface area contributed by atoms with E-state index in [0.29, 0.717) is 0 Å². The molecule has 49 heavy (non-hydrogen) atoms. The normalized spacial score (nSPS) is 40.9. The number of ether oxygens (including phenoxy) is 5. The van der Waals surface area contributed by atoms with E-state index < -0.39 is 147 Å². The second kappa shape index (κ2) is 17.0. The SMILES string of the molecule is CC(=O)N[C@@H]1[C@@H](O[C@@H]2O[C@H](COC3(C(=O)O)C[C@H](O)[C@@H](NC(C)=O)[C@H]([C@H](O)[C@H](O)CO)O3)[C@H](O)[C@H](O)[C@H]2NC(C)=O)[C@@H](O)[C@@H](CO)O[C@H]1O. The number of aliphatic hydroxyl groups excluding tert-OH is 9. The minimum atomic E-state index is -2.86. The predicted molar refractivity (Wildman–Crippen MR) is 153 cm³/mol. The first-order valence-electron chi connectivity index (χ1n) is 15.2. The van der Waals surface area contributed by atoms with Gasteiger partial charge in [0.1, 0.15) is 67.0 Å². The van der Waals surface area contributed by atoms with Crippen molar-refractivity contribution >= 4 is 23.7 Å². The van der Waals surface area contributed by atoms with Crippen LogP contribution >= 0.6 is 0 Å². The molecule has 3 rings (SSSR count). The first-order chi connectivity index (χ1) is 22.9. The summed E-state index contributed by atoms with van der Waals surface area (Å²) in [5.74, 6) is -6.93. The van der Waals surface area contributed by atoms with Crippen molar-refractivity contribution in [2.45, 2.75) is 125 Å². The molecule has 0 aromatic rings. The van der Waals surface area contributed by atoms with Gasteiger partial charge in [-0.25, -0.2) is 4.79 Å². The van der Waals surface area contributed by atoms with Crippen LogP contribution in [0.2, 0.25) is 0 Å². The number of carboxylic acid groups (broad SMARTS) is 1. The Kier molecular flexibility index (Phi) is 14.2. The van der Waals surface area contributed by atoms with Crippen molar-refractivity contribution in [1.82, 2.24) is 16.0 Å². The Morgan fingerprint density at radius 2 is 1.39 bits per heavy atom. The van der Waals surface area contributed by atoms with Gasteiger partial charge in [0.15, 0.2) is 12.6 Å². The van der Waals surface area contributed by atoms with E-state index >= 15 is 0 Å². The monoisotopic (exact) mass is 715 g/mol. The van der Waals surface area contributed by atoms with Gasteiger partial charge in [-0.05, 0) is 0 Å². The quantitative estimate of drug-likeness (QED) is 0.0842. The van der Waals surface area contributed by atoms with Crippen LogP contribution in [0.4, 0.5) is 0 Å². The van der Waals surface area contributed by atoms with E-state index in [4.69, 9.17) is 23.7 Å². The number of aliphatic hydroxyl groups is 9. The fraction of sp³-hybridized carbons (Fsp3) is 0.852. The lowest BCUT2D eigenvalue weighted by molar-refractivity contribution is -0.343. The summed E-state index contributed by atoms with van der Waals surface area (Å²) in [7, 11) is 0. The number of amides is 3. The zero-order chi connectivity index (χ0) is 37.0. The smallest absolute Gasteiger partial charge is 0.364 e. The first kappa shape index (κ1) is 40.7. The van der Waals surface area contributed by atoms with E-state index in [9.17, 15) is 70.2 Å². The molecule has 13 N–H and O–H groups in total. The lowest BCUT2D eigenvalue weighted by Crippen LogP contribution is -2.70. The molecule has 0 aromatic heterocycles. The number of carbonyl (C=O) groups excluding carboxylic acids is 3. The number of hydrogen-bond acceptors (Lipinski definition) is 18. The molecule has 3 amide bonds. The molecule has 3 fully saturated rings. The number of hydrogen-bond donors (Lipinski definition) is 13. The summed E-state index contributed by atoms with van der Waals surface area (Å²) in [6, 6.07) is -4.60. The topological polar surface area (TPSA) is 353 Å². The van der Waals surface area contributed by atoms with E-state index in [1.807, 2.05) is 0 Å². The molecule has 3 aliphatic heterocycles. The number of nitrogens with one attached hydrogen (secondary N) is 3. The molecule has 1 unspecified atom stereocenters. The van der Waals surface area contributed by atoms with Crippen LogP contribution in [0.15, 0.2) is 0 Å². The van der Waals surface area contributed by atoms with Crippen molar-refractivity contribution in [3.8, 4) is 0 Å². The maximum Gasteiger partial charge on any atom is 0.364 e. The van der Waals surface area contributed by atoms with E-state index in [1.54, 1.807) is 0 Å². The van der Waals surface area contributed by atoms with Crippen molar-refractivity contribution in [3.05, 3.63) is 0 Å². The van der Waals surface area contributed by atoms with Gasteiger partial charge in [0.25, 0.3) is 5.79 Å². The van der Waals surface area contributed by atoms with E-state index in [0.717, 1.165) is 20.8 Å². The van der Waals surface area contributed by atoms with Crippen molar-refractivity contribution < 1.29 is 93.9 Å². The number of carbonyl (C=O) groups is 4. The lowest BCUT2D eigenvalue weighted by atomic mass is 9.88. The summed E-state index contributed by atoms with van der Waals surface area (Å²) in [6.45, 7) is 0.357. The largest absolute Gasteiger partial charge is 0.477 e. The maximum atomic E-state index is 12.5. The molecule has 0 bridgehead atoms. The van der Waals surface area contributed by atoms with Gasteiger partial charge in [-0.1, -0.05) is 0 Å². The van der Waals surface area contributed by atoms with Gasteiger partial charge in [-0.3, -0.25) is 14.4 Å². The zero-order valence-electron chi connectivity index (χ0n) is 26.6. The van der Waals surface area contributed by atoms with E-state index in [-0.39, 0.29) is 0 Å². The summed E-state index contributed by atoms with van der Waals surface area (Å²) < 4.78 is 27.8. The Labute approximate surface area is 278 Å². The molecule has 0 spiro atoms. The Bertz CT molecular complexity index is 1170. The number of rotatable bonds is 13. The summed E-state index contributed by atoms with van der Waals surface area (Å²) in [5.41, 5.74) is 0. The molecule has 282 valence electrons. The standard InChI is InChI=1S/C27H45N3O19/c1-8(33)28-15-11(36)4-27(26(43)44,49-23(15)18(38)12(37)5-31)45-7-14-19(39)21(41)16(29-9(2)34)25(47-14)48-22-17(30-10(3)35)24(42)46-13(6-32)20(22)40/h11-25,31-32,36-42H,4-7H2,1-3H3,(H,28,33)(H,29,34)(H,30,35)(H,43,44)/t11-,12+,13+,14+,15+,16+,17+,18+,19-,20-,21+,22+,23+,24+,25-,27?/m0/s1. The van der Waals surface area contributed by atoms with E-state index in [1.165, 1.54) is 0 Å². The fourth-order valence-electron chi connectivity index (χ4n) is 5.86. The molecule has 0 saturated carbocycles. The molecule has 0 aromatic carbocycles. The van der Waals surface area contributed by atoms with Gasteiger partial charge >= 0.3 is 5.97 Å². The highest BCUT2D eigenvalue weighted by Gasteiger charge is 2.57. The van der Waals surface area contributed by atoms with Gasteiger partial charge in [-0.2, -0.15) is 0 Å². The molecule has 0 radical (unpaired) electrons. The van der Waals surface area contributed by atoms with Gasteiger partial charge in [0, 0.05) is 27.2 Å². The number of carboxylic acids is 1. The fourth-order valence-corrected chi connectivity index (χ4v) is 5.86. The average molecular weight is 716 g/mol. The van der Waals surface area contributed by atoms with Crippen molar-refractivity contribution in [1.29, 1.82) is 0 Å². The molecular formula is C27H45N3O19. The molecule has 3 aliphatic rings. The Balaban J connectivity index is 1.93. The second-order valence-corrected chi connectivity index (χ2v) is 12.0. The van der Waals surface area contributed by atoms with Gasteiger partial charge in [-0.15, -0.1) is 0 Å². The molecular weight excluding hydrogens is 670 g/mol. The molecule has 22 nitrogen and oxygen atoms in total. The summed E-state index contributed by atoms with van der Waals surface area (Å²) >= 11 is 0. The van der Waals surface area contributed by atoms with Crippen LogP contribution < -0.4 is 16.0 Å². The lowest BCUT2D eigenvalue weighted by Gasteiger charge is -2.49. The summed E-state index contributed by atoms with van der Waals surface area (Å²) in [5, 5.41) is 111. The number of aliphatic carboxylic acids is 1. The minimum absolute atomic E-state index is 0.704. The van der Waals surface area contributed by atoms with Crippen molar-refractivity contribution in [3.63, 3.8) is 0 Å². The zero-order valence-corrected chi connectivity index (χ0v) is 26.6. The van der Waals surface area contributed by atoms with Crippen LogP contribution in [-0.4, -0.2) is 192 Å². The van der Waals surface area contributed by atoms with Crippen LogP contribution in [0.5, 0.6) is 0 Å². The van der Waals surface area contributed by atoms with Crippen LogP contribution in [0.1, 0.15) is 27.2 Å². The minimum Gasteiger partial charge on any atom is -0.477 e. The van der Waals surface area contributed by atoms with Crippen molar-refractivity contribution in [2.24, 2.45) is 0 Å². The van der Waals surface area contributed by atoms with Gasteiger partial charge in [0.05, 0.1) is 32.0 Å². The third-order valence-corrected chi connectivity index (χ3v) is 8.27. The summed E-state index contributed by atoms with van der Waals surface area (Å²) in [4.78, 5) is 48.2. The molecule has 0 aliphatic carbocycles. The molecule has 3 heterocycles. The maximum absolute atomic E-state index is 12.5. The average Bonchev–Trinajstić information content (AvgIpc) is 3.02. The van der Waals surface area contributed by atoms with Gasteiger partial charge in [0.2, 0.25) is 17.7 Å². The molecule has 3 saturated heterocycles.